The Balaban J connectivity index is 2.77. The van der Waals surface area contributed by atoms with Crippen molar-refractivity contribution in [3.8, 4) is 0 Å². The first-order valence-electron chi connectivity index (χ1n) is 5.19. The molecule has 0 radical (unpaired) electrons. The van der Waals surface area contributed by atoms with Gasteiger partial charge in [0.25, 0.3) is 0 Å². The maximum absolute atomic E-state index is 13.3. The van der Waals surface area contributed by atoms with Crippen LogP contribution >= 0.6 is 0 Å². The van der Waals surface area contributed by atoms with Gasteiger partial charge < -0.3 is 5.11 Å². The number of hydrogen-bond donors (Lipinski definition) is 2. The van der Waals surface area contributed by atoms with E-state index in [9.17, 15) is 12.8 Å². The molecule has 1 aromatic rings. The first-order valence-corrected chi connectivity index (χ1v) is 6.85. The number of halogens is 1. The van der Waals surface area contributed by atoms with Crippen molar-refractivity contribution in [3.05, 3.63) is 34.6 Å². The number of benzene rings is 1. The van der Waals surface area contributed by atoms with Crippen molar-refractivity contribution < 1.29 is 17.9 Å². The van der Waals surface area contributed by atoms with E-state index in [1.165, 1.54) is 0 Å². The maximum Gasteiger partial charge on any atom is 0.214 e. The summed E-state index contributed by atoms with van der Waals surface area (Å²) in [4.78, 5) is 0. The minimum Gasteiger partial charge on any atom is -0.395 e. The lowest BCUT2D eigenvalue weighted by molar-refractivity contribution is 0.319. The summed E-state index contributed by atoms with van der Waals surface area (Å²) in [6, 6.07) is 3.20. The van der Waals surface area contributed by atoms with E-state index < -0.39 is 16.6 Å². The molecule has 1 rings (SSSR count). The zero-order valence-electron chi connectivity index (χ0n) is 9.83. The van der Waals surface area contributed by atoms with E-state index in [1.807, 2.05) is 0 Å². The van der Waals surface area contributed by atoms with Crippen molar-refractivity contribution in [2.45, 2.75) is 20.4 Å². The minimum atomic E-state index is -3.46. The molecule has 0 saturated carbocycles. The molecule has 2 N–H and O–H groups in total. The Morgan fingerprint density at radius 1 is 1.29 bits per heavy atom. The number of aliphatic hydroxyl groups excluding tert-OH is 1. The summed E-state index contributed by atoms with van der Waals surface area (Å²) in [7, 11) is -3.46. The van der Waals surface area contributed by atoms with Crippen LogP contribution in [0.5, 0.6) is 0 Å². The Kier molecular flexibility index (Phi) is 4.62. The van der Waals surface area contributed by atoms with Gasteiger partial charge in [0.2, 0.25) is 10.0 Å². The molecule has 17 heavy (non-hydrogen) atoms. The predicted octanol–water partition coefficient (Wildman–Crippen LogP) is 0.854. The fourth-order valence-electron chi connectivity index (χ4n) is 1.52. The van der Waals surface area contributed by atoms with E-state index in [2.05, 4.69) is 4.72 Å². The van der Waals surface area contributed by atoms with Gasteiger partial charge in [-0.25, -0.2) is 17.5 Å². The van der Waals surface area contributed by atoms with Gasteiger partial charge >= 0.3 is 0 Å². The molecule has 0 amide bonds. The first-order chi connectivity index (χ1) is 7.85. The number of sulfonamides is 1. The van der Waals surface area contributed by atoms with Crippen LogP contribution in [0.4, 0.5) is 4.39 Å². The highest BCUT2D eigenvalue weighted by molar-refractivity contribution is 7.89. The van der Waals surface area contributed by atoms with Gasteiger partial charge in [0, 0.05) is 6.54 Å². The molecular formula is C11H16FNO3S. The lowest BCUT2D eigenvalue weighted by atomic mass is 10.1. The summed E-state index contributed by atoms with van der Waals surface area (Å²) in [5, 5.41) is 8.55. The molecule has 4 nitrogen and oxygen atoms in total. The van der Waals surface area contributed by atoms with Crippen LogP contribution in [-0.4, -0.2) is 25.9 Å². The van der Waals surface area contributed by atoms with Crippen molar-refractivity contribution in [3.63, 3.8) is 0 Å². The van der Waals surface area contributed by atoms with Crippen molar-refractivity contribution in [2.75, 3.05) is 12.4 Å². The monoisotopic (exact) mass is 261 g/mol. The molecule has 0 aliphatic carbocycles. The number of nitrogens with one attached hydrogen (secondary N) is 1. The van der Waals surface area contributed by atoms with Gasteiger partial charge in [0.15, 0.2) is 0 Å². The fourth-order valence-corrected chi connectivity index (χ4v) is 2.29. The highest BCUT2D eigenvalue weighted by Gasteiger charge is 2.10. The fraction of sp³-hybridized carbons (Fsp3) is 0.455. The zero-order chi connectivity index (χ0) is 13.1. The molecule has 0 spiro atoms. The first kappa shape index (κ1) is 14.1. The Bertz CT molecular complexity index is 476. The molecule has 0 aliphatic rings. The third-order valence-electron chi connectivity index (χ3n) is 2.35. The third kappa shape index (κ3) is 4.07. The van der Waals surface area contributed by atoms with Crippen LogP contribution in [-0.2, 0) is 16.6 Å². The van der Waals surface area contributed by atoms with Crippen LogP contribution in [0.2, 0.25) is 0 Å². The molecule has 1 aromatic carbocycles. The van der Waals surface area contributed by atoms with Crippen LogP contribution in [0.15, 0.2) is 12.1 Å². The molecule has 96 valence electrons. The van der Waals surface area contributed by atoms with Gasteiger partial charge in [-0.15, -0.1) is 0 Å². The van der Waals surface area contributed by atoms with Gasteiger partial charge in [-0.2, -0.15) is 0 Å². The van der Waals surface area contributed by atoms with Gasteiger partial charge in [0.05, 0.1) is 12.4 Å². The number of aliphatic hydroxyl groups is 1. The SMILES string of the molecule is Cc1cc(CNS(=O)(=O)CCO)cc(C)c1F. The van der Waals surface area contributed by atoms with Crippen molar-refractivity contribution in [2.24, 2.45) is 0 Å². The van der Waals surface area contributed by atoms with Crippen molar-refractivity contribution in [1.82, 2.24) is 4.72 Å². The van der Waals surface area contributed by atoms with E-state index >= 15 is 0 Å². The Hall–Kier alpha value is -0.980. The smallest absolute Gasteiger partial charge is 0.214 e. The van der Waals surface area contributed by atoms with Crippen molar-refractivity contribution in [1.29, 1.82) is 0 Å². The van der Waals surface area contributed by atoms with Crippen LogP contribution < -0.4 is 4.72 Å². The van der Waals surface area contributed by atoms with E-state index in [1.54, 1.807) is 26.0 Å². The second kappa shape index (κ2) is 5.57. The Labute approximate surface area is 101 Å². The molecule has 0 saturated heterocycles. The number of aryl methyl sites for hydroxylation is 2. The second-order valence-electron chi connectivity index (χ2n) is 3.91. The molecule has 0 unspecified atom stereocenters. The molecule has 0 fully saturated rings. The van der Waals surface area contributed by atoms with Gasteiger partial charge in [-0.1, -0.05) is 12.1 Å². The summed E-state index contributed by atoms with van der Waals surface area (Å²) in [5.74, 6) is -0.599. The summed E-state index contributed by atoms with van der Waals surface area (Å²) in [6.07, 6.45) is 0. The van der Waals surface area contributed by atoms with Gasteiger partial charge in [-0.05, 0) is 30.5 Å². The summed E-state index contributed by atoms with van der Waals surface area (Å²) < 4.78 is 38.3. The van der Waals surface area contributed by atoms with Gasteiger partial charge in [-0.3, -0.25) is 0 Å². The minimum absolute atomic E-state index is 0.101. The molecule has 0 atom stereocenters. The topological polar surface area (TPSA) is 66.4 Å². The lowest BCUT2D eigenvalue weighted by Crippen LogP contribution is -2.27. The summed E-state index contributed by atoms with van der Waals surface area (Å²) in [5.41, 5.74) is 1.67. The molecule has 0 aliphatic heterocycles. The van der Waals surface area contributed by atoms with Crippen LogP contribution in [0.3, 0.4) is 0 Å². The number of rotatable bonds is 5. The summed E-state index contributed by atoms with van der Waals surface area (Å²) in [6.45, 7) is 2.95. The summed E-state index contributed by atoms with van der Waals surface area (Å²) >= 11 is 0. The van der Waals surface area contributed by atoms with Crippen LogP contribution in [0.1, 0.15) is 16.7 Å². The average molecular weight is 261 g/mol. The van der Waals surface area contributed by atoms with Crippen molar-refractivity contribution >= 4 is 10.0 Å². The normalized spacial score (nSPS) is 11.8. The van der Waals surface area contributed by atoms with Crippen LogP contribution in [0.25, 0.3) is 0 Å². The molecule has 6 heteroatoms. The zero-order valence-corrected chi connectivity index (χ0v) is 10.6. The third-order valence-corrected chi connectivity index (χ3v) is 3.66. The molecule has 0 aromatic heterocycles. The standard InChI is InChI=1S/C11H16FNO3S/c1-8-5-10(6-9(2)11(8)12)7-13-17(15,16)4-3-14/h5-6,13-14H,3-4,7H2,1-2H3. The average Bonchev–Trinajstić information content (AvgIpc) is 2.23. The lowest BCUT2D eigenvalue weighted by Gasteiger charge is -2.08. The van der Waals surface area contributed by atoms with E-state index in [4.69, 9.17) is 5.11 Å². The van der Waals surface area contributed by atoms with E-state index in [0.29, 0.717) is 16.7 Å². The maximum atomic E-state index is 13.3. The molecule has 0 heterocycles. The second-order valence-corrected chi connectivity index (χ2v) is 5.83. The quantitative estimate of drug-likeness (QED) is 0.826. The largest absolute Gasteiger partial charge is 0.395 e. The highest BCUT2D eigenvalue weighted by Crippen LogP contribution is 2.14. The molecular weight excluding hydrogens is 245 g/mol. The van der Waals surface area contributed by atoms with E-state index in [0.717, 1.165) is 0 Å². The Morgan fingerprint density at radius 2 is 1.82 bits per heavy atom. The Morgan fingerprint density at radius 3 is 2.29 bits per heavy atom. The highest BCUT2D eigenvalue weighted by atomic mass is 32.2. The van der Waals surface area contributed by atoms with Gasteiger partial charge in [0.1, 0.15) is 5.82 Å². The van der Waals surface area contributed by atoms with Crippen LogP contribution in [0, 0.1) is 19.7 Å². The molecule has 0 bridgehead atoms. The predicted molar refractivity (Wildman–Crippen MR) is 63.6 cm³/mol. The number of hydrogen-bond acceptors (Lipinski definition) is 3. The van der Waals surface area contributed by atoms with E-state index in [-0.39, 0.29) is 18.1 Å².